The molecule has 0 bridgehead atoms. The Kier molecular flexibility index (Phi) is 6.60. The number of aromatic nitrogens is 1. The molecule has 2 atom stereocenters. The van der Waals surface area contributed by atoms with Gasteiger partial charge in [-0.3, -0.25) is 0 Å². The molecule has 0 amide bonds. The van der Waals surface area contributed by atoms with E-state index in [4.69, 9.17) is 21.3 Å². The van der Waals surface area contributed by atoms with E-state index in [9.17, 15) is 9.90 Å². The molecule has 0 saturated carbocycles. The zero-order valence-corrected chi connectivity index (χ0v) is 19.1. The van der Waals surface area contributed by atoms with Crippen LogP contribution >= 0.6 is 22.9 Å². The zero-order chi connectivity index (χ0) is 22.0. The van der Waals surface area contributed by atoms with Crippen LogP contribution in [-0.4, -0.2) is 36.3 Å². The van der Waals surface area contributed by atoms with Gasteiger partial charge in [-0.15, -0.1) is 11.3 Å². The van der Waals surface area contributed by atoms with Crippen LogP contribution < -0.4 is 4.90 Å². The number of para-hydroxylation sites is 1. The van der Waals surface area contributed by atoms with Crippen LogP contribution in [0.5, 0.6) is 0 Å². The molecule has 1 aromatic heterocycles. The van der Waals surface area contributed by atoms with Gasteiger partial charge in [0.1, 0.15) is 5.01 Å². The minimum absolute atomic E-state index is 0.0849. The molecule has 1 unspecified atom stereocenters. The monoisotopic (exact) mass is 456 g/mol. The van der Waals surface area contributed by atoms with Crippen molar-refractivity contribution in [1.82, 2.24) is 4.98 Å². The third kappa shape index (κ3) is 4.61. The van der Waals surface area contributed by atoms with Crippen LogP contribution in [0.4, 0.5) is 5.69 Å². The highest BCUT2D eigenvalue weighted by Gasteiger charge is 2.32. The van der Waals surface area contributed by atoms with E-state index in [0.29, 0.717) is 10.6 Å². The highest BCUT2D eigenvalue weighted by Crippen LogP contribution is 2.40. The number of benzene rings is 2. The van der Waals surface area contributed by atoms with Gasteiger partial charge in [-0.25, -0.2) is 9.78 Å². The summed E-state index contributed by atoms with van der Waals surface area (Å²) in [6.07, 6.45) is 1.93. The summed E-state index contributed by atoms with van der Waals surface area (Å²) in [6.45, 7) is 3.61. The Morgan fingerprint density at radius 1 is 1.26 bits per heavy atom. The number of hydrogen-bond acceptors (Lipinski definition) is 5. The van der Waals surface area contributed by atoms with Gasteiger partial charge in [0, 0.05) is 36.7 Å². The van der Waals surface area contributed by atoms with E-state index < -0.39 is 5.97 Å². The third-order valence-electron chi connectivity index (χ3n) is 5.80. The van der Waals surface area contributed by atoms with Gasteiger partial charge in [-0.1, -0.05) is 35.9 Å². The van der Waals surface area contributed by atoms with Crippen LogP contribution in [0, 0.1) is 12.8 Å². The van der Waals surface area contributed by atoms with Crippen molar-refractivity contribution in [3.63, 3.8) is 0 Å². The molecular formula is C24H25ClN2O3S. The van der Waals surface area contributed by atoms with Gasteiger partial charge in [-0.2, -0.15) is 0 Å². The van der Waals surface area contributed by atoms with Crippen molar-refractivity contribution in [3.8, 4) is 10.6 Å². The van der Waals surface area contributed by atoms with Crippen molar-refractivity contribution >= 4 is 34.6 Å². The second-order valence-electron chi connectivity index (χ2n) is 7.80. The Balaban J connectivity index is 1.60. The Labute approximate surface area is 191 Å². The topological polar surface area (TPSA) is 62.7 Å². The molecule has 1 saturated heterocycles. The standard InChI is InChI=1S/C24H25ClN2O3S/c1-15-22(31-23(26-15)16-9-11-18(25)12-10-16)21(30-2)17-6-5-13-27(14-17)20-8-4-3-7-19(20)24(28)29/h3-4,7-12,17,21H,5-6,13-14H2,1-2H3,(H,28,29)/t17?,21-/m0/s1. The number of nitrogens with zero attached hydrogens (tertiary/aromatic N) is 2. The van der Waals surface area contributed by atoms with Gasteiger partial charge in [0.15, 0.2) is 0 Å². The minimum Gasteiger partial charge on any atom is -0.478 e. The van der Waals surface area contributed by atoms with Crippen molar-refractivity contribution in [2.24, 2.45) is 5.92 Å². The minimum atomic E-state index is -0.896. The summed E-state index contributed by atoms with van der Waals surface area (Å²) >= 11 is 7.68. The molecule has 2 heterocycles. The molecule has 162 valence electrons. The average molecular weight is 457 g/mol. The second kappa shape index (κ2) is 9.39. The molecule has 0 radical (unpaired) electrons. The first-order valence-corrected chi connectivity index (χ1v) is 11.5. The fraction of sp³-hybridized carbons (Fsp3) is 0.333. The van der Waals surface area contributed by atoms with E-state index in [1.807, 2.05) is 43.3 Å². The second-order valence-corrected chi connectivity index (χ2v) is 9.27. The maximum atomic E-state index is 11.7. The van der Waals surface area contributed by atoms with E-state index in [-0.39, 0.29) is 12.0 Å². The number of carboxylic acid groups (broad SMARTS) is 1. The van der Waals surface area contributed by atoms with Gasteiger partial charge in [-0.05, 0) is 44.0 Å². The third-order valence-corrected chi connectivity index (χ3v) is 7.32. The fourth-order valence-corrected chi connectivity index (χ4v) is 5.68. The van der Waals surface area contributed by atoms with E-state index in [0.717, 1.165) is 52.8 Å². The summed E-state index contributed by atoms with van der Waals surface area (Å²) in [7, 11) is 1.75. The highest BCUT2D eigenvalue weighted by molar-refractivity contribution is 7.15. The molecule has 2 aromatic carbocycles. The molecule has 4 rings (SSSR count). The Morgan fingerprint density at radius 3 is 2.71 bits per heavy atom. The fourth-order valence-electron chi connectivity index (χ4n) is 4.31. The molecule has 1 aliphatic heterocycles. The number of thiazole rings is 1. The predicted molar refractivity (Wildman–Crippen MR) is 125 cm³/mol. The number of anilines is 1. The van der Waals surface area contributed by atoms with Gasteiger partial charge in [0.25, 0.3) is 0 Å². The quantitative estimate of drug-likeness (QED) is 0.487. The molecule has 31 heavy (non-hydrogen) atoms. The van der Waals surface area contributed by atoms with E-state index in [1.54, 1.807) is 30.6 Å². The lowest BCUT2D eigenvalue weighted by atomic mass is 9.90. The number of carbonyl (C=O) groups is 1. The van der Waals surface area contributed by atoms with Crippen LogP contribution in [-0.2, 0) is 4.74 Å². The Morgan fingerprint density at radius 2 is 2.00 bits per heavy atom. The number of ether oxygens (including phenoxy) is 1. The molecule has 0 spiro atoms. The SMILES string of the molecule is CO[C@H](c1sc(-c2ccc(Cl)cc2)nc1C)C1CCCN(c2ccccc2C(=O)O)C1. The highest BCUT2D eigenvalue weighted by atomic mass is 35.5. The van der Waals surface area contributed by atoms with Crippen LogP contribution in [0.1, 0.15) is 39.9 Å². The smallest absolute Gasteiger partial charge is 0.337 e. The molecule has 1 fully saturated rings. The van der Waals surface area contributed by atoms with E-state index in [1.165, 1.54) is 0 Å². The van der Waals surface area contributed by atoms with Crippen molar-refractivity contribution in [3.05, 3.63) is 69.7 Å². The van der Waals surface area contributed by atoms with Gasteiger partial charge < -0.3 is 14.7 Å². The zero-order valence-electron chi connectivity index (χ0n) is 17.5. The number of halogens is 1. The molecule has 1 aliphatic rings. The lowest BCUT2D eigenvalue weighted by Crippen LogP contribution is -2.39. The number of methoxy groups -OCH3 is 1. The van der Waals surface area contributed by atoms with E-state index in [2.05, 4.69) is 4.90 Å². The lowest BCUT2D eigenvalue weighted by molar-refractivity contribution is 0.0469. The normalized spacial score (nSPS) is 17.5. The molecule has 3 aromatic rings. The number of aromatic carboxylic acids is 1. The summed E-state index contributed by atoms with van der Waals surface area (Å²) < 4.78 is 5.99. The Bertz CT molecular complexity index is 1070. The molecule has 0 aliphatic carbocycles. The van der Waals surface area contributed by atoms with Gasteiger partial charge in [0.05, 0.1) is 27.9 Å². The van der Waals surface area contributed by atoms with Crippen LogP contribution in [0.15, 0.2) is 48.5 Å². The lowest BCUT2D eigenvalue weighted by Gasteiger charge is -2.38. The number of piperidine rings is 1. The predicted octanol–water partition coefficient (Wildman–Crippen LogP) is 6.07. The molecule has 5 nitrogen and oxygen atoms in total. The number of rotatable bonds is 6. The maximum Gasteiger partial charge on any atom is 0.337 e. The first kappa shape index (κ1) is 21.8. The Hall–Kier alpha value is -2.41. The van der Waals surface area contributed by atoms with Crippen molar-refractivity contribution in [2.75, 3.05) is 25.1 Å². The van der Waals surface area contributed by atoms with Crippen LogP contribution in [0.2, 0.25) is 5.02 Å². The summed E-state index contributed by atoms with van der Waals surface area (Å²) in [4.78, 5) is 19.8. The summed E-state index contributed by atoms with van der Waals surface area (Å²) in [5.41, 5.74) is 3.14. The number of hydrogen-bond donors (Lipinski definition) is 1. The summed E-state index contributed by atoms with van der Waals surface area (Å²) in [6, 6.07) is 14.9. The average Bonchev–Trinajstić information content (AvgIpc) is 3.16. The number of carboxylic acids is 1. The largest absolute Gasteiger partial charge is 0.478 e. The van der Waals surface area contributed by atoms with E-state index >= 15 is 0 Å². The maximum absolute atomic E-state index is 11.7. The first-order valence-electron chi connectivity index (χ1n) is 10.3. The molecule has 1 N–H and O–H groups in total. The van der Waals surface area contributed by atoms with Crippen molar-refractivity contribution < 1.29 is 14.6 Å². The van der Waals surface area contributed by atoms with Gasteiger partial charge >= 0.3 is 5.97 Å². The summed E-state index contributed by atoms with van der Waals surface area (Å²) in [5, 5.41) is 11.3. The van der Waals surface area contributed by atoms with Gasteiger partial charge in [0.2, 0.25) is 0 Å². The van der Waals surface area contributed by atoms with Crippen LogP contribution in [0.25, 0.3) is 10.6 Å². The molecule has 7 heteroatoms. The first-order chi connectivity index (χ1) is 15.0. The van der Waals surface area contributed by atoms with Crippen LogP contribution in [0.3, 0.4) is 0 Å². The van der Waals surface area contributed by atoms with Crippen molar-refractivity contribution in [1.29, 1.82) is 0 Å². The van der Waals surface area contributed by atoms with Crippen molar-refractivity contribution in [2.45, 2.75) is 25.9 Å². The number of aryl methyl sites for hydroxylation is 1. The molecular weight excluding hydrogens is 432 g/mol. The summed E-state index contributed by atoms with van der Waals surface area (Å²) in [5.74, 6) is -0.648.